The Hall–Kier alpha value is -1.14. The predicted octanol–water partition coefficient (Wildman–Crippen LogP) is -0.114. The van der Waals surface area contributed by atoms with Gasteiger partial charge in [0, 0.05) is 19.6 Å². The lowest BCUT2D eigenvalue weighted by atomic mass is 9.96. The zero-order valence-electron chi connectivity index (χ0n) is 13.8. The first-order valence-electron chi connectivity index (χ1n) is 7.77. The van der Waals surface area contributed by atoms with Crippen LogP contribution < -0.4 is 11.1 Å². The Morgan fingerprint density at radius 1 is 1.29 bits per heavy atom. The number of piperidine rings is 1. The van der Waals surface area contributed by atoms with Crippen molar-refractivity contribution in [1.82, 2.24) is 15.1 Å². The van der Waals surface area contributed by atoms with E-state index in [2.05, 4.69) is 24.3 Å². The maximum Gasteiger partial charge on any atom is 0.241 e. The topological polar surface area (TPSA) is 78.7 Å². The Morgan fingerprint density at radius 2 is 1.86 bits per heavy atom. The number of hydrogen-bond acceptors (Lipinski definition) is 4. The van der Waals surface area contributed by atoms with E-state index in [4.69, 9.17) is 5.73 Å². The van der Waals surface area contributed by atoms with Crippen LogP contribution in [0.3, 0.4) is 0 Å². The number of carbonyl (C=O) groups is 2. The van der Waals surface area contributed by atoms with Crippen molar-refractivity contribution in [1.29, 1.82) is 0 Å². The van der Waals surface area contributed by atoms with Crippen LogP contribution in [0.5, 0.6) is 0 Å². The van der Waals surface area contributed by atoms with E-state index in [0.29, 0.717) is 5.92 Å². The maximum absolute atomic E-state index is 12.1. The molecule has 2 amide bonds. The van der Waals surface area contributed by atoms with Crippen LogP contribution in [-0.4, -0.2) is 67.9 Å². The number of likely N-dealkylation sites (tertiary alicyclic amines) is 1. The van der Waals surface area contributed by atoms with Crippen molar-refractivity contribution in [2.45, 2.75) is 32.7 Å². The number of amides is 2. The van der Waals surface area contributed by atoms with Crippen molar-refractivity contribution < 1.29 is 9.59 Å². The highest BCUT2D eigenvalue weighted by molar-refractivity contribution is 5.87. The number of nitrogens with two attached hydrogens (primary N) is 1. The van der Waals surface area contributed by atoms with E-state index in [0.717, 1.165) is 32.5 Å². The standard InChI is InChI=1S/C15H30N4O2/c1-11(2)14(16)15(21)17-9-13(20)19-7-5-12(6-8-19)10-18(3)4/h11-12,14H,5-10,16H2,1-4H3,(H,17,21)/t14-/m0/s1. The molecule has 6 nitrogen and oxygen atoms in total. The van der Waals surface area contributed by atoms with Gasteiger partial charge in [-0.05, 0) is 38.8 Å². The van der Waals surface area contributed by atoms with Gasteiger partial charge in [0.15, 0.2) is 0 Å². The molecular weight excluding hydrogens is 268 g/mol. The highest BCUT2D eigenvalue weighted by Gasteiger charge is 2.24. The summed E-state index contributed by atoms with van der Waals surface area (Å²) in [6.07, 6.45) is 2.06. The molecular formula is C15H30N4O2. The van der Waals surface area contributed by atoms with Gasteiger partial charge in [-0.15, -0.1) is 0 Å². The number of nitrogens with zero attached hydrogens (tertiary/aromatic N) is 2. The summed E-state index contributed by atoms with van der Waals surface area (Å²) < 4.78 is 0. The van der Waals surface area contributed by atoms with E-state index in [1.54, 1.807) is 0 Å². The zero-order chi connectivity index (χ0) is 16.0. The van der Waals surface area contributed by atoms with E-state index >= 15 is 0 Å². The highest BCUT2D eigenvalue weighted by Crippen LogP contribution is 2.17. The maximum atomic E-state index is 12.1. The molecule has 0 bridgehead atoms. The second-order valence-electron chi connectivity index (χ2n) is 6.57. The quantitative estimate of drug-likeness (QED) is 0.717. The first-order chi connectivity index (χ1) is 9.81. The van der Waals surface area contributed by atoms with Crippen molar-refractivity contribution in [3.63, 3.8) is 0 Å². The van der Waals surface area contributed by atoms with Crippen molar-refractivity contribution in [3.8, 4) is 0 Å². The molecule has 1 aliphatic heterocycles. The highest BCUT2D eigenvalue weighted by atomic mass is 16.2. The molecule has 1 heterocycles. The minimum Gasteiger partial charge on any atom is -0.346 e. The largest absolute Gasteiger partial charge is 0.346 e. The summed E-state index contributed by atoms with van der Waals surface area (Å²) in [6.45, 7) is 6.47. The van der Waals surface area contributed by atoms with E-state index in [1.165, 1.54) is 0 Å². The van der Waals surface area contributed by atoms with Crippen LogP contribution in [0.1, 0.15) is 26.7 Å². The molecule has 3 N–H and O–H groups in total. The molecule has 0 saturated carbocycles. The van der Waals surface area contributed by atoms with Gasteiger partial charge in [0.2, 0.25) is 11.8 Å². The van der Waals surface area contributed by atoms with Crippen molar-refractivity contribution in [2.24, 2.45) is 17.6 Å². The summed E-state index contributed by atoms with van der Waals surface area (Å²) in [5.74, 6) is 0.471. The molecule has 6 heteroatoms. The van der Waals surface area contributed by atoms with Crippen molar-refractivity contribution in [3.05, 3.63) is 0 Å². The van der Waals surface area contributed by atoms with Gasteiger partial charge in [0.25, 0.3) is 0 Å². The SMILES string of the molecule is CC(C)[C@H](N)C(=O)NCC(=O)N1CCC(CN(C)C)CC1. The van der Waals surface area contributed by atoms with Crippen LogP contribution in [0.2, 0.25) is 0 Å². The molecule has 0 aromatic carbocycles. The molecule has 1 rings (SSSR count). The summed E-state index contributed by atoms with van der Waals surface area (Å²) in [7, 11) is 4.15. The van der Waals surface area contributed by atoms with Crippen LogP contribution in [0.4, 0.5) is 0 Å². The Bertz CT molecular complexity index is 350. The van der Waals surface area contributed by atoms with E-state index < -0.39 is 6.04 Å². The van der Waals surface area contributed by atoms with Gasteiger partial charge >= 0.3 is 0 Å². The normalized spacial score (nSPS) is 18.1. The molecule has 122 valence electrons. The van der Waals surface area contributed by atoms with Crippen LogP contribution in [-0.2, 0) is 9.59 Å². The third-order valence-corrected chi connectivity index (χ3v) is 4.03. The molecule has 1 aliphatic rings. The lowest BCUT2D eigenvalue weighted by Gasteiger charge is -2.33. The molecule has 0 aliphatic carbocycles. The second kappa shape index (κ2) is 8.34. The van der Waals surface area contributed by atoms with Gasteiger partial charge < -0.3 is 20.9 Å². The fourth-order valence-corrected chi connectivity index (χ4v) is 2.58. The van der Waals surface area contributed by atoms with E-state index in [9.17, 15) is 9.59 Å². The summed E-state index contributed by atoms with van der Waals surface area (Å²) in [4.78, 5) is 27.8. The molecule has 0 spiro atoms. The second-order valence-corrected chi connectivity index (χ2v) is 6.57. The Balaban J connectivity index is 2.30. The molecule has 0 unspecified atom stereocenters. The van der Waals surface area contributed by atoms with Gasteiger partial charge in [-0.2, -0.15) is 0 Å². The predicted molar refractivity (Wildman–Crippen MR) is 83.7 cm³/mol. The van der Waals surface area contributed by atoms with Crippen molar-refractivity contribution in [2.75, 3.05) is 40.3 Å². The van der Waals surface area contributed by atoms with Crippen LogP contribution in [0.15, 0.2) is 0 Å². The van der Waals surface area contributed by atoms with Crippen LogP contribution in [0, 0.1) is 11.8 Å². The van der Waals surface area contributed by atoms with Gasteiger partial charge in [0.05, 0.1) is 12.6 Å². The van der Waals surface area contributed by atoms with Crippen LogP contribution in [0.25, 0.3) is 0 Å². The van der Waals surface area contributed by atoms with Gasteiger partial charge in [-0.25, -0.2) is 0 Å². The fourth-order valence-electron chi connectivity index (χ4n) is 2.58. The Kier molecular flexibility index (Phi) is 7.11. The third-order valence-electron chi connectivity index (χ3n) is 4.03. The van der Waals surface area contributed by atoms with Crippen molar-refractivity contribution >= 4 is 11.8 Å². The van der Waals surface area contributed by atoms with Gasteiger partial charge in [0.1, 0.15) is 0 Å². The molecule has 1 saturated heterocycles. The van der Waals surface area contributed by atoms with E-state index in [-0.39, 0.29) is 24.3 Å². The fraction of sp³-hybridized carbons (Fsp3) is 0.867. The summed E-state index contributed by atoms with van der Waals surface area (Å²) in [5, 5.41) is 2.64. The summed E-state index contributed by atoms with van der Waals surface area (Å²) in [6, 6.07) is -0.552. The number of hydrogen-bond donors (Lipinski definition) is 2. The molecule has 0 aromatic rings. The van der Waals surface area contributed by atoms with E-state index in [1.807, 2.05) is 18.7 Å². The minimum absolute atomic E-state index is 0.0115. The zero-order valence-corrected chi connectivity index (χ0v) is 13.8. The first kappa shape index (κ1) is 17.9. The number of nitrogens with one attached hydrogen (secondary N) is 1. The average Bonchev–Trinajstić information content (AvgIpc) is 2.43. The summed E-state index contributed by atoms with van der Waals surface area (Å²) in [5.41, 5.74) is 5.75. The van der Waals surface area contributed by atoms with Gasteiger partial charge in [-0.3, -0.25) is 9.59 Å². The molecule has 0 aromatic heterocycles. The molecule has 1 fully saturated rings. The van der Waals surface area contributed by atoms with Gasteiger partial charge in [-0.1, -0.05) is 13.8 Å². The Morgan fingerprint density at radius 3 is 2.33 bits per heavy atom. The third kappa shape index (κ3) is 6.01. The number of carbonyl (C=O) groups excluding carboxylic acids is 2. The lowest BCUT2D eigenvalue weighted by Crippen LogP contribution is -2.49. The molecule has 1 atom stereocenters. The smallest absolute Gasteiger partial charge is 0.241 e. The lowest BCUT2D eigenvalue weighted by molar-refractivity contribution is -0.134. The minimum atomic E-state index is -0.552. The van der Waals surface area contributed by atoms with Crippen LogP contribution >= 0.6 is 0 Å². The molecule has 0 radical (unpaired) electrons. The Labute approximate surface area is 128 Å². The first-order valence-corrected chi connectivity index (χ1v) is 7.77. The average molecular weight is 298 g/mol. The number of rotatable bonds is 6. The molecule has 21 heavy (non-hydrogen) atoms. The summed E-state index contributed by atoms with van der Waals surface area (Å²) >= 11 is 0. The monoisotopic (exact) mass is 298 g/mol.